The van der Waals surface area contributed by atoms with E-state index in [0.717, 1.165) is 16.8 Å². The third-order valence-electron chi connectivity index (χ3n) is 5.46. The first kappa shape index (κ1) is 19.4. The number of pyridine rings is 1. The summed E-state index contributed by atoms with van der Waals surface area (Å²) in [4.78, 5) is 17.8. The third kappa shape index (κ3) is 3.57. The molecule has 0 unspecified atom stereocenters. The predicted molar refractivity (Wildman–Crippen MR) is 121 cm³/mol. The zero-order valence-corrected chi connectivity index (χ0v) is 18.0. The normalized spacial score (nSPS) is 12.6. The largest absolute Gasteiger partial charge is 0.456 e. The SMILES string of the molecule is CC(C)(C)c1ccnc(-c2ccc3oc4ccc(C(C)(C)C)cc4c(=O)c3c2)c1. The van der Waals surface area contributed by atoms with Crippen LogP contribution in [0.25, 0.3) is 33.2 Å². The monoisotopic (exact) mass is 385 g/mol. The van der Waals surface area contributed by atoms with Gasteiger partial charge in [0.05, 0.1) is 16.5 Å². The van der Waals surface area contributed by atoms with Crippen LogP contribution in [0.2, 0.25) is 0 Å². The molecule has 4 rings (SSSR count). The van der Waals surface area contributed by atoms with Gasteiger partial charge in [-0.1, -0.05) is 47.6 Å². The molecule has 0 aliphatic rings. The first-order chi connectivity index (χ1) is 13.5. The van der Waals surface area contributed by atoms with Crippen molar-refractivity contribution >= 4 is 21.9 Å². The standard InChI is InChI=1S/C26H27NO2/c1-25(2,3)17-8-10-23-20(14-17)24(28)19-13-16(7-9-22(19)29-23)21-15-18(11-12-27-21)26(4,5)6/h7-15H,1-6H3. The molecule has 0 spiro atoms. The number of aromatic nitrogens is 1. The van der Waals surface area contributed by atoms with Crippen LogP contribution in [0.5, 0.6) is 0 Å². The van der Waals surface area contributed by atoms with Gasteiger partial charge in [0, 0.05) is 11.8 Å². The van der Waals surface area contributed by atoms with Crippen molar-refractivity contribution in [2.75, 3.05) is 0 Å². The van der Waals surface area contributed by atoms with E-state index >= 15 is 0 Å². The molecule has 0 radical (unpaired) electrons. The van der Waals surface area contributed by atoms with Crippen molar-refractivity contribution in [1.29, 1.82) is 0 Å². The summed E-state index contributed by atoms with van der Waals surface area (Å²) in [5.41, 5.74) is 5.33. The maximum atomic E-state index is 13.3. The molecule has 0 aliphatic heterocycles. The topological polar surface area (TPSA) is 43.1 Å². The summed E-state index contributed by atoms with van der Waals surface area (Å²) in [6, 6.07) is 15.8. The highest BCUT2D eigenvalue weighted by atomic mass is 16.3. The van der Waals surface area contributed by atoms with E-state index in [2.05, 4.69) is 52.6 Å². The summed E-state index contributed by atoms with van der Waals surface area (Å²) in [5.74, 6) is 0. The molecule has 0 bridgehead atoms. The molecule has 2 heterocycles. The Labute approximate surface area is 171 Å². The number of fused-ring (bicyclic) bond motifs is 2. The van der Waals surface area contributed by atoms with E-state index in [4.69, 9.17) is 4.42 Å². The van der Waals surface area contributed by atoms with E-state index in [1.165, 1.54) is 5.56 Å². The van der Waals surface area contributed by atoms with Crippen molar-refractivity contribution in [1.82, 2.24) is 4.98 Å². The Bertz CT molecular complexity index is 1280. The zero-order valence-electron chi connectivity index (χ0n) is 18.0. The van der Waals surface area contributed by atoms with Gasteiger partial charge < -0.3 is 4.42 Å². The second-order valence-electron chi connectivity index (χ2n) is 9.78. The van der Waals surface area contributed by atoms with Crippen molar-refractivity contribution in [3.8, 4) is 11.3 Å². The van der Waals surface area contributed by atoms with Crippen LogP contribution in [0.15, 0.2) is 63.9 Å². The molecule has 0 fully saturated rings. The van der Waals surface area contributed by atoms with Crippen LogP contribution >= 0.6 is 0 Å². The van der Waals surface area contributed by atoms with Crippen LogP contribution < -0.4 is 5.43 Å². The maximum absolute atomic E-state index is 13.3. The highest BCUT2D eigenvalue weighted by Crippen LogP contribution is 2.30. The van der Waals surface area contributed by atoms with Crippen LogP contribution in [0.4, 0.5) is 0 Å². The van der Waals surface area contributed by atoms with E-state index in [0.29, 0.717) is 21.9 Å². The van der Waals surface area contributed by atoms with E-state index < -0.39 is 0 Å². The number of nitrogens with zero attached hydrogens (tertiary/aromatic N) is 1. The van der Waals surface area contributed by atoms with Crippen LogP contribution in [0.1, 0.15) is 52.7 Å². The molecule has 148 valence electrons. The maximum Gasteiger partial charge on any atom is 0.200 e. The van der Waals surface area contributed by atoms with Crippen LogP contribution in [-0.4, -0.2) is 4.98 Å². The summed E-state index contributed by atoms with van der Waals surface area (Å²) in [5, 5.41) is 1.21. The molecule has 0 N–H and O–H groups in total. The Morgan fingerprint density at radius 2 is 1.31 bits per heavy atom. The van der Waals surface area contributed by atoms with Gasteiger partial charge >= 0.3 is 0 Å². The van der Waals surface area contributed by atoms with Gasteiger partial charge in [-0.25, -0.2) is 0 Å². The third-order valence-corrected chi connectivity index (χ3v) is 5.46. The van der Waals surface area contributed by atoms with E-state index in [-0.39, 0.29) is 16.3 Å². The molecule has 2 aromatic heterocycles. The first-order valence-corrected chi connectivity index (χ1v) is 10.0. The molecule has 3 nitrogen and oxygen atoms in total. The Morgan fingerprint density at radius 1 is 0.724 bits per heavy atom. The first-order valence-electron chi connectivity index (χ1n) is 10.0. The van der Waals surface area contributed by atoms with Crippen molar-refractivity contribution in [3.05, 3.63) is 76.1 Å². The second kappa shape index (κ2) is 6.55. The van der Waals surface area contributed by atoms with Crippen molar-refractivity contribution in [2.45, 2.75) is 52.4 Å². The van der Waals surface area contributed by atoms with Gasteiger partial charge in [0.15, 0.2) is 0 Å². The average Bonchev–Trinajstić information content (AvgIpc) is 2.66. The molecule has 0 aliphatic carbocycles. The van der Waals surface area contributed by atoms with Crippen LogP contribution in [0.3, 0.4) is 0 Å². The van der Waals surface area contributed by atoms with Gasteiger partial charge in [0.2, 0.25) is 5.43 Å². The lowest BCUT2D eigenvalue weighted by molar-refractivity contribution is 0.589. The highest BCUT2D eigenvalue weighted by molar-refractivity contribution is 5.92. The fraction of sp³-hybridized carbons (Fsp3) is 0.308. The molecule has 4 aromatic rings. The quantitative estimate of drug-likeness (QED) is 0.347. The van der Waals surface area contributed by atoms with Gasteiger partial charge in [-0.15, -0.1) is 0 Å². The number of hydrogen-bond donors (Lipinski definition) is 0. The predicted octanol–water partition coefficient (Wildman–Crippen LogP) is 6.60. The lowest BCUT2D eigenvalue weighted by Crippen LogP contribution is -2.12. The molecule has 0 amide bonds. The van der Waals surface area contributed by atoms with Crippen molar-refractivity contribution in [2.24, 2.45) is 0 Å². The Morgan fingerprint density at radius 3 is 1.97 bits per heavy atom. The minimum Gasteiger partial charge on any atom is -0.456 e. The molecule has 3 heteroatoms. The fourth-order valence-corrected chi connectivity index (χ4v) is 3.54. The summed E-state index contributed by atoms with van der Waals surface area (Å²) in [7, 11) is 0. The van der Waals surface area contributed by atoms with Gasteiger partial charge in [0.1, 0.15) is 11.2 Å². The lowest BCUT2D eigenvalue weighted by atomic mass is 9.86. The van der Waals surface area contributed by atoms with Crippen LogP contribution in [0, 0.1) is 0 Å². The molecule has 0 atom stereocenters. The molecule has 29 heavy (non-hydrogen) atoms. The Balaban J connectivity index is 1.93. The smallest absolute Gasteiger partial charge is 0.200 e. The van der Waals surface area contributed by atoms with Gasteiger partial charge in [-0.2, -0.15) is 0 Å². The van der Waals surface area contributed by atoms with Gasteiger partial charge in [-0.05, 0) is 64.4 Å². The van der Waals surface area contributed by atoms with E-state index in [1.807, 2.05) is 48.7 Å². The van der Waals surface area contributed by atoms with E-state index in [9.17, 15) is 4.79 Å². The molecule has 2 aromatic carbocycles. The minimum atomic E-state index is -0.0330. The summed E-state index contributed by atoms with van der Waals surface area (Å²) in [6.07, 6.45) is 1.83. The minimum absolute atomic E-state index is 0.00109. The second-order valence-corrected chi connectivity index (χ2v) is 9.78. The number of hydrogen-bond acceptors (Lipinski definition) is 3. The average molecular weight is 386 g/mol. The van der Waals surface area contributed by atoms with Crippen molar-refractivity contribution in [3.63, 3.8) is 0 Å². The molecular weight excluding hydrogens is 358 g/mol. The summed E-state index contributed by atoms with van der Waals surface area (Å²) >= 11 is 0. The number of benzene rings is 2. The highest BCUT2D eigenvalue weighted by Gasteiger charge is 2.18. The molecule has 0 saturated carbocycles. The Kier molecular flexibility index (Phi) is 4.38. The van der Waals surface area contributed by atoms with Crippen LogP contribution in [-0.2, 0) is 10.8 Å². The fourth-order valence-electron chi connectivity index (χ4n) is 3.54. The van der Waals surface area contributed by atoms with Gasteiger partial charge in [-0.3, -0.25) is 9.78 Å². The lowest BCUT2D eigenvalue weighted by Gasteiger charge is -2.19. The summed E-state index contributed by atoms with van der Waals surface area (Å²) < 4.78 is 6.04. The van der Waals surface area contributed by atoms with Crippen molar-refractivity contribution < 1.29 is 4.42 Å². The zero-order chi connectivity index (χ0) is 21.0. The Hall–Kier alpha value is -2.94. The molecular formula is C26H27NO2. The summed E-state index contributed by atoms with van der Waals surface area (Å²) in [6.45, 7) is 13.0. The number of rotatable bonds is 1. The van der Waals surface area contributed by atoms with Gasteiger partial charge in [0.25, 0.3) is 0 Å². The van der Waals surface area contributed by atoms with E-state index in [1.54, 1.807) is 0 Å². The molecule has 0 saturated heterocycles.